The number of fused-ring (bicyclic) bond motifs is 1. The smallest absolute Gasteiger partial charge is 0.119 e. The third-order valence-electron chi connectivity index (χ3n) is 4.29. The van der Waals surface area contributed by atoms with Crippen LogP contribution in [0, 0.1) is 0 Å². The number of rotatable bonds is 4. The lowest BCUT2D eigenvalue weighted by atomic mass is 9.87. The average Bonchev–Trinajstić information content (AvgIpc) is 2.59. The van der Waals surface area contributed by atoms with Gasteiger partial charge >= 0.3 is 0 Å². The number of para-hydroxylation sites is 1. The molecule has 0 aromatic heterocycles. The van der Waals surface area contributed by atoms with Gasteiger partial charge in [-0.2, -0.15) is 0 Å². The second kappa shape index (κ2) is 5.81. The minimum atomic E-state index is 0.283. The molecule has 23 heavy (non-hydrogen) atoms. The van der Waals surface area contributed by atoms with Crippen LogP contribution in [0.3, 0.4) is 0 Å². The number of hydrogen-bond donors (Lipinski definition) is 0. The van der Waals surface area contributed by atoms with Gasteiger partial charge in [-0.1, -0.05) is 48.5 Å². The van der Waals surface area contributed by atoms with Crippen molar-refractivity contribution in [3.8, 4) is 5.75 Å². The van der Waals surface area contributed by atoms with E-state index in [1.54, 1.807) is 0 Å². The summed E-state index contributed by atoms with van der Waals surface area (Å²) in [5.74, 6) is 0.918. The van der Waals surface area contributed by atoms with E-state index in [1.165, 1.54) is 22.5 Å². The Balaban J connectivity index is 1.74. The number of anilines is 2. The Morgan fingerprint density at radius 2 is 1.52 bits per heavy atom. The van der Waals surface area contributed by atoms with Gasteiger partial charge in [0.15, 0.2) is 0 Å². The molecule has 2 heteroatoms. The summed E-state index contributed by atoms with van der Waals surface area (Å²) in [7, 11) is 0. The minimum Gasteiger partial charge on any atom is -0.494 e. The van der Waals surface area contributed by atoms with Crippen LogP contribution in [0.25, 0.3) is 0 Å². The van der Waals surface area contributed by atoms with Crippen LogP contribution in [0.2, 0.25) is 0 Å². The normalized spacial score (nSPS) is 15.7. The summed E-state index contributed by atoms with van der Waals surface area (Å²) in [5, 5.41) is 0. The summed E-state index contributed by atoms with van der Waals surface area (Å²) >= 11 is 0. The number of nitrogens with zero attached hydrogens (tertiary/aromatic N) is 1. The van der Waals surface area contributed by atoms with Crippen molar-refractivity contribution in [2.24, 2.45) is 0 Å². The molecule has 2 nitrogen and oxygen atoms in total. The van der Waals surface area contributed by atoms with E-state index in [1.807, 2.05) is 19.1 Å². The lowest BCUT2D eigenvalue weighted by molar-refractivity contribution is 0.340. The van der Waals surface area contributed by atoms with Crippen LogP contribution in [-0.4, -0.2) is 6.61 Å². The van der Waals surface area contributed by atoms with Gasteiger partial charge in [-0.3, -0.25) is 0 Å². The third-order valence-corrected chi connectivity index (χ3v) is 4.29. The molecule has 0 bridgehead atoms. The lowest BCUT2D eigenvalue weighted by Gasteiger charge is -2.45. The van der Waals surface area contributed by atoms with Crippen LogP contribution >= 0.6 is 0 Å². The van der Waals surface area contributed by atoms with Gasteiger partial charge in [-0.25, -0.2) is 0 Å². The lowest BCUT2D eigenvalue weighted by Crippen LogP contribution is -2.34. The molecule has 0 N–H and O–H groups in total. The zero-order valence-electron chi connectivity index (χ0n) is 13.1. The van der Waals surface area contributed by atoms with E-state index in [4.69, 9.17) is 4.74 Å². The highest BCUT2D eigenvalue weighted by atomic mass is 16.5. The summed E-state index contributed by atoms with van der Waals surface area (Å²) in [6, 6.07) is 27.9. The average molecular weight is 301 g/mol. The molecule has 0 saturated carbocycles. The highest BCUT2D eigenvalue weighted by Gasteiger charge is 2.36. The largest absolute Gasteiger partial charge is 0.494 e. The molecule has 0 radical (unpaired) electrons. The van der Waals surface area contributed by atoms with E-state index >= 15 is 0 Å². The van der Waals surface area contributed by atoms with Gasteiger partial charge in [0.2, 0.25) is 0 Å². The van der Waals surface area contributed by atoms with E-state index in [0.717, 1.165) is 5.75 Å². The standard InChI is InChI=1S/C21H19NO/c1-2-23-18-14-12-17(13-15-18)22-20-11-7-6-10-19(20)21(22)16-8-4-3-5-9-16/h3-15,21H,2H2,1H3. The first-order valence-corrected chi connectivity index (χ1v) is 8.04. The maximum absolute atomic E-state index is 5.55. The van der Waals surface area contributed by atoms with E-state index in [0.29, 0.717) is 6.61 Å². The fourth-order valence-corrected chi connectivity index (χ4v) is 3.27. The van der Waals surface area contributed by atoms with E-state index < -0.39 is 0 Å². The fraction of sp³-hybridized carbons (Fsp3) is 0.143. The van der Waals surface area contributed by atoms with Gasteiger partial charge in [0, 0.05) is 16.9 Å². The van der Waals surface area contributed by atoms with Crippen LogP contribution in [0.5, 0.6) is 5.75 Å². The van der Waals surface area contributed by atoms with Crippen LogP contribution in [0.1, 0.15) is 24.1 Å². The number of ether oxygens (including phenoxy) is 1. The van der Waals surface area contributed by atoms with E-state index in [9.17, 15) is 0 Å². The van der Waals surface area contributed by atoms with Crippen LogP contribution in [-0.2, 0) is 0 Å². The van der Waals surface area contributed by atoms with Crippen molar-refractivity contribution >= 4 is 11.4 Å². The molecule has 0 spiro atoms. The summed E-state index contributed by atoms with van der Waals surface area (Å²) < 4.78 is 5.55. The summed E-state index contributed by atoms with van der Waals surface area (Å²) in [6.45, 7) is 2.70. The second-order valence-electron chi connectivity index (χ2n) is 5.67. The van der Waals surface area contributed by atoms with Crippen molar-refractivity contribution in [3.05, 3.63) is 90.0 Å². The monoisotopic (exact) mass is 301 g/mol. The van der Waals surface area contributed by atoms with Gasteiger partial charge in [0.25, 0.3) is 0 Å². The molecule has 1 heterocycles. The third kappa shape index (κ3) is 2.36. The summed E-state index contributed by atoms with van der Waals surface area (Å²) in [4.78, 5) is 2.39. The predicted molar refractivity (Wildman–Crippen MR) is 94.5 cm³/mol. The molecule has 0 saturated heterocycles. The number of hydrogen-bond acceptors (Lipinski definition) is 2. The molecule has 1 aliphatic rings. The Hall–Kier alpha value is -2.74. The molecule has 1 aliphatic heterocycles. The van der Waals surface area contributed by atoms with Crippen molar-refractivity contribution in [2.45, 2.75) is 13.0 Å². The summed E-state index contributed by atoms with van der Waals surface area (Å²) in [5.41, 5.74) is 5.18. The molecular formula is C21H19NO. The SMILES string of the molecule is CCOc1ccc(N2c3ccccc3C2c2ccccc2)cc1. The van der Waals surface area contributed by atoms with Gasteiger partial charge in [-0.05, 0) is 42.8 Å². The Kier molecular flexibility index (Phi) is 3.51. The Labute approximate surface area is 137 Å². The Morgan fingerprint density at radius 3 is 2.26 bits per heavy atom. The predicted octanol–water partition coefficient (Wildman–Crippen LogP) is 5.33. The first-order valence-electron chi connectivity index (χ1n) is 8.04. The van der Waals surface area contributed by atoms with Crippen LogP contribution in [0.4, 0.5) is 11.4 Å². The molecule has 114 valence electrons. The van der Waals surface area contributed by atoms with Gasteiger partial charge in [-0.15, -0.1) is 0 Å². The molecule has 1 unspecified atom stereocenters. The minimum absolute atomic E-state index is 0.283. The molecule has 1 atom stereocenters. The number of benzene rings is 3. The zero-order valence-corrected chi connectivity index (χ0v) is 13.1. The maximum atomic E-state index is 5.55. The van der Waals surface area contributed by atoms with Crippen molar-refractivity contribution in [2.75, 3.05) is 11.5 Å². The van der Waals surface area contributed by atoms with Crippen molar-refractivity contribution in [1.82, 2.24) is 0 Å². The molecule has 0 amide bonds. The first-order chi connectivity index (χ1) is 11.4. The van der Waals surface area contributed by atoms with Crippen LogP contribution < -0.4 is 9.64 Å². The second-order valence-corrected chi connectivity index (χ2v) is 5.67. The van der Waals surface area contributed by atoms with Crippen molar-refractivity contribution in [1.29, 1.82) is 0 Å². The quantitative estimate of drug-likeness (QED) is 0.646. The molecule has 0 aliphatic carbocycles. The topological polar surface area (TPSA) is 12.5 Å². The van der Waals surface area contributed by atoms with Crippen molar-refractivity contribution < 1.29 is 4.74 Å². The first kappa shape index (κ1) is 13.9. The summed E-state index contributed by atoms with van der Waals surface area (Å²) in [6.07, 6.45) is 0. The van der Waals surface area contributed by atoms with E-state index in [2.05, 4.69) is 71.6 Å². The van der Waals surface area contributed by atoms with Gasteiger partial charge < -0.3 is 9.64 Å². The Morgan fingerprint density at radius 1 is 0.826 bits per heavy atom. The molecule has 3 aromatic carbocycles. The van der Waals surface area contributed by atoms with E-state index in [-0.39, 0.29) is 6.04 Å². The zero-order chi connectivity index (χ0) is 15.6. The van der Waals surface area contributed by atoms with Crippen LogP contribution in [0.15, 0.2) is 78.9 Å². The molecule has 3 aromatic rings. The van der Waals surface area contributed by atoms with Gasteiger partial charge in [0.05, 0.1) is 12.6 Å². The molecule has 0 fully saturated rings. The highest BCUT2D eigenvalue weighted by molar-refractivity contribution is 5.79. The molecular weight excluding hydrogens is 282 g/mol. The Bertz CT molecular complexity index is 796. The van der Waals surface area contributed by atoms with Gasteiger partial charge in [0.1, 0.15) is 5.75 Å². The highest BCUT2D eigenvalue weighted by Crippen LogP contribution is 2.51. The fourth-order valence-electron chi connectivity index (χ4n) is 3.27. The maximum Gasteiger partial charge on any atom is 0.119 e. The molecule has 4 rings (SSSR count). The van der Waals surface area contributed by atoms with Crippen molar-refractivity contribution in [3.63, 3.8) is 0 Å².